The van der Waals surface area contributed by atoms with E-state index < -0.39 is 0 Å². The van der Waals surface area contributed by atoms with Crippen LogP contribution in [0.15, 0.2) is 89.3 Å². The van der Waals surface area contributed by atoms with Gasteiger partial charge in [0.25, 0.3) is 0 Å². The van der Waals surface area contributed by atoms with E-state index in [-0.39, 0.29) is 5.78 Å². The molecule has 1 aliphatic carbocycles. The van der Waals surface area contributed by atoms with Crippen molar-refractivity contribution in [2.75, 3.05) is 0 Å². The summed E-state index contributed by atoms with van der Waals surface area (Å²) in [5, 5.41) is 1.89. The van der Waals surface area contributed by atoms with E-state index in [0.717, 1.165) is 31.7 Å². The molecule has 1 aliphatic rings. The number of hydrogen-bond acceptors (Lipinski definition) is 4. The average Bonchev–Trinajstić information content (AvgIpc) is 2.78. The normalized spacial score (nSPS) is 12.0. The van der Waals surface area contributed by atoms with Crippen LogP contribution in [0.25, 0.3) is 21.9 Å². The molecule has 0 unspecified atom stereocenters. The van der Waals surface area contributed by atoms with Gasteiger partial charge in [0, 0.05) is 32.5 Å². The van der Waals surface area contributed by atoms with Crippen molar-refractivity contribution in [1.29, 1.82) is 0 Å². The molecular formula is C25H22INO2S. The lowest BCUT2D eigenvalue weighted by molar-refractivity contribution is 0.104. The number of thioether (sulfide) groups is 1. The zero-order valence-corrected chi connectivity index (χ0v) is 19.8. The Morgan fingerprint density at radius 2 is 1.73 bits per heavy atom. The van der Waals surface area contributed by atoms with Crippen LogP contribution >= 0.6 is 34.8 Å². The SMILES string of the molecule is C=C/C=C(/Sc1c(OI)cc2c3c(cccc13)C(=O)c1ccccc1-2)C(=C)N.CC. The molecule has 4 rings (SSSR count). The van der Waals surface area contributed by atoms with Crippen LogP contribution < -0.4 is 8.80 Å². The van der Waals surface area contributed by atoms with Crippen molar-refractivity contribution >= 4 is 51.3 Å². The van der Waals surface area contributed by atoms with E-state index >= 15 is 0 Å². The van der Waals surface area contributed by atoms with Gasteiger partial charge < -0.3 is 8.80 Å². The molecule has 2 N–H and O–H groups in total. The average molecular weight is 527 g/mol. The molecule has 30 heavy (non-hydrogen) atoms. The highest BCUT2D eigenvalue weighted by Crippen LogP contribution is 2.49. The first-order valence-corrected chi connectivity index (χ1v) is 11.2. The molecule has 3 aromatic rings. The maximum Gasteiger partial charge on any atom is 0.194 e. The predicted octanol–water partition coefficient (Wildman–Crippen LogP) is 7.44. The van der Waals surface area contributed by atoms with Gasteiger partial charge in [-0.1, -0.05) is 87.3 Å². The lowest BCUT2D eigenvalue weighted by atomic mass is 9.83. The number of hydrogen-bond donors (Lipinski definition) is 1. The number of halogens is 1. The Morgan fingerprint density at radius 1 is 1.07 bits per heavy atom. The van der Waals surface area contributed by atoms with Crippen LogP contribution in [-0.4, -0.2) is 5.78 Å². The Bertz CT molecular complexity index is 1200. The first-order valence-electron chi connectivity index (χ1n) is 9.54. The summed E-state index contributed by atoms with van der Waals surface area (Å²) < 4.78 is 5.70. The lowest BCUT2D eigenvalue weighted by Crippen LogP contribution is -2.10. The number of ketones is 1. The summed E-state index contributed by atoms with van der Waals surface area (Å²) in [6.45, 7) is 11.6. The van der Waals surface area contributed by atoms with Gasteiger partial charge in [-0.3, -0.25) is 4.79 Å². The monoisotopic (exact) mass is 527 g/mol. The van der Waals surface area contributed by atoms with Crippen molar-refractivity contribution in [3.05, 3.63) is 95.6 Å². The van der Waals surface area contributed by atoms with E-state index in [9.17, 15) is 4.79 Å². The molecule has 0 radical (unpaired) electrons. The van der Waals surface area contributed by atoms with Crippen molar-refractivity contribution in [2.45, 2.75) is 18.7 Å². The summed E-state index contributed by atoms with van der Waals surface area (Å²) in [6.07, 6.45) is 3.50. The van der Waals surface area contributed by atoms with Gasteiger partial charge in [-0.15, -0.1) is 0 Å². The van der Waals surface area contributed by atoms with Crippen molar-refractivity contribution in [3.8, 4) is 16.9 Å². The smallest absolute Gasteiger partial charge is 0.194 e. The van der Waals surface area contributed by atoms with Gasteiger partial charge in [0.05, 0.1) is 4.90 Å². The lowest BCUT2D eigenvalue weighted by Gasteiger charge is -2.22. The molecule has 3 aromatic carbocycles. The summed E-state index contributed by atoms with van der Waals surface area (Å²) in [5.74, 6) is 0.753. The summed E-state index contributed by atoms with van der Waals surface area (Å²) in [6, 6.07) is 15.5. The standard InChI is InChI=1S/C23H16INO2S.C2H6/c1-3-7-20(13(2)25)28-23-17-11-6-10-16-21(17)18(12-19(23)27-24)14-8-4-5-9-15(14)22(16)26;1-2/h3-12H,1-2,25H2;1-2H3/b20-7+;. The molecule has 0 heterocycles. The minimum Gasteiger partial charge on any atom is -0.426 e. The third-order valence-electron chi connectivity index (χ3n) is 4.66. The largest absolute Gasteiger partial charge is 0.426 e. The van der Waals surface area contributed by atoms with E-state index in [4.69, 9.17) is 8.80 Å². The van der Waals surface area contributed by atoms with E-state index in [1.54, 1.807) is 6.08 Å². The molecule has 152 valence electrons. The van der Waals surface area contributed by atoms with Crippen LogP contribution in [0.4, 0.5) is 0 Å². The molecule has 3 nitrogen and oxygen atoms in total. The summed E-state index contributed by atoms with van der Waals surface area (Å²) in [4.78, 5) is 14.8. The van der Waals surface area contributed by atoms with Crippen LogP contribution in [0.2, 0.25) is 0 Å². The third kappa shape index (κ3) is 3.79. The Balaban J connectivity index is 0.00000124. The number of rotatable bonds is 5. The molecule has 0 saturated heterocycles. The minimum atomic E-state index is 0.0397. The van der Waals surface area contributed by atoms with Gasteiger partial charge in [0.1, 0.15) is 5.75 Å². The molecule has 0 fully saturated rings. The molecule has 0 bridgehead atoms. The molecule has 5 heteroatoms. The van der Waals surface area contributed by atoms with Crippen molar-refractivity contribution < 1.29 is 7.86 Å². The maximum absolute atomic E-state index is 13.1. The highest BCUT2D eigenvalue weighted by molar-refractivity contribution is 14.1. The Labute approximate surface area is 195 Å². The van der Waals surface area contributed by atoms with Crippen LogP contribution in [-0.2, 0) is 0 Å². The van der Waals surface area contributed by atoms with Crippen molar-refractivity contribution in [3.63, 3.8) is 0 Å². The number of nitrogens with two attached hydrogens (primary N) is 1. The molecular weight excluding hydrogens is 505 g/mol. The van der Waals surface area contributed by atoms with Crippen LogP contribution in [0, 0.1) is 0 Å². The van der Waals surface area contributed by atoms with Gasteiger partial charge in [0.15, 0.2) is 28.8 Å². The molecule has 0 aliphatic heterocycles. The van der Waals surface area contributed by atoms with Crippen LogP contribution in [0.3, 0.4) is 0 Å². The number of carbonyl (C=O) groups excluding carboxylic acids is 1. The fourth-order valence-electron chi connectivity index (χ4n) is 3.48. The number of benzene rings is 3. The highest BCUT2D eigenvalue weighted by atomic mass is 127. The summed E-state index contributed by atoms with van der Waals surface area (Å²) in [7, 11) is 0. The molecule has 0 spiro atoms. The Kier molecular flexibility index (Phi) is 7.05. The van der Waals surface area contributed by atoms with E-state index in [1.165, 1.54) is 11.8 Å². The van der Waals surface area contributed by atoms with Crippen molar-refractivity contribution in [2.24, 2.45) is 5.73 Å². The number of carbonyl (C=O) groups is 1. The van der Waals surface area contributed by atoms with E-state index in [2.05, 4.69) is 13.2 Å². The van der Waals surface area contributed by atoms with Crippen LogP contribution in [0.5, 0.6) is 5.75 Å². The molecule has 0 atom stereocenters. The molecule has 0 amide bonds. The minimum absolute atomic E-state index is 0.0397. The number of fused-ring (bicyclic) bond motifs is 2. The first kappa shape index (κ1) is 22.2. The highest BCUT2D eigenvalue weighted by Gasteiger charge is 2.27. The van der Waals surface area contributed by atoms with Gasteiger partial charge in [0.2, 0.25) is 0 Å². The predicted molar refractivity (Wildman–Crippen MR) is 136 cm³/mol. The Morgan fingerprint density at radius 3 is 2.37 bits per heavy atom. The fourth-order valence-corrected chi connectivity index (χ4v) is 4.98. The van der Waals surface area contributed by atoms with Crippen LogP contribution in [0.1, 0.15) is 29.8 Å². The second-order valence-electron chi connectivity index (χ2n) is 6.33. The third-order valence-corrected chi connectivity index (χ3v) is 6.38. The van der Waals surface area contributed by atoms with Crippen molar-refractivity contribution in [1.82, 2.24) is 0 Å². The fraction of sp³-hybridized carbons (Fsp3) is 0.0800. The zero-order valence-electron chi connectivity index (χ0n) is 16.9. The Hall–Kier alpha value is -2.51. The van der Waals surface area contributed by atoms with Gasteiger partial charge >= 0.3 is 0 Å². The van der Waals surface area contributed by atoms with Gasteiger partial charge in [-0.25, -0.2) is 0 Å². The second-order valence-corrected chi connectivity index (χ2v) is 7.82. The van der Waals surface area contributed by atoms with Gasteiger partial charge in [-0.2, -0.15) is 0 Å². The molecule has 0 aromatic heterocycles. The summed E-state index contributed by atoms with van der Waals surface area (Å²) >= 11 is 3.35. The van der Waals surface area contributed by atoms with E-state index in [1.807, 2.05) is 91.5 Å². The summed E-state index contributed by atoms with van der Waals surface area (Å²) in [5.41, 5.74) is 9.75. The topological polar surface area (TPSA) is 52.3 Å². The number of allylic oxidation sites excluding steroid dienone is 2. The first-order chi connectivity index (χ1) is 14.6. The maximum atomic E-state index is 13.1. The zero-order chi connectivity index (χ0) is 21.8. The molecule has 0 saturated carbocycles. The second kappa shape index (κ2) is 9.53. The van der Waals surface area contributed by atoms with E-state index in [0.29, 0.717) is 22.6 Å². The van der Waals surface area contributed by atoms with Gasteiger partial charge in [-0.05, 0) is 23.3 Å². The quantitative estimate of drug-likeness (QED) is 0.167.